The van der Waals surface area contributed by atoms with Crippen molar-refractivity contribution in [3.05, 3.63) is 95.3 Å². The predicted molar refractivity (Wildman–Crippen MR) is 103 cm³/mol. The molecule has 0 bridgehead atoms. The largest absolute Gasteiger partial charge is 0.489 e. The zero-order valence-electron chi connectivity index (χ0n) is 15.0. The van der Waals surface area contributed by atoms with Gasteiger partial charge in [-0.2, -0.15) is 0 Å². The molecule has 0 unspecified atom stereocenters. The highest BCUT2D eigenvalue weighted by molar-refractivity contribution is 5.37. The van der Waals surface area contributed by atoms with Crippen LogP contribution in [0.15, 0.2) is 72.8 Å². The van der Waals surface area contributed by atoms with Gasteiger partial charge in [0.2, 0.25) is 0 Å². The van der Waals surface area contributed by atoms with E-state index in [9.17, 15) is 4.39 Å². The molecular formula is C23H22FNO2. The van der Waals surface area contributed by atoms with Crippen molar-refractivity contribution < 1.29 is 13.9 Å². The molecular weight excluding hydrogens is 341 g/mol. The van der Waals surface area contributed by atoms with E-state index in [0.29, 0.717) is 6.61 Å². The first-order chi connectivity index (χ1) is 13.3. The topological polar surface area (TPSA) is 30.5 Å². The summed E-state index contributed by atoms with van der Waals surface area (Å²) in [5.41, 5.74) is 3.28. The molecule has 27 heavy (non-hydrogen) atoms. The minimum atomic E-state index is -0.244. The average Bonchev–Trinajstić information content (AvgIpc) is 3.10. The summed E-state index contributed by atoms with van der Waals surface area (Å²) in [6.07, 6.45) is 1.15. The van der Waals surface area contributed by atoms with Crippen LogP contribution in [0.2, 0.25) is 0 Å². The molecule has 0 spiro atoms. The third-order valence-corrected chi connectivity index (χ3v) is 4.63. The van der Waals surface area contributed by atoms with E-state index in [1.54, 1.807) is 6.07 Å². The number of ether oxygens (including phenoxy) is 2. The van der Waals surface area contributed by atoms with E-state index in [1.165, 1.54) is 23.3 Å². The number of hydrogen-bond acceptors (Lipinski definition) is 3. The fraction of sp³-hybridized carbons (Fsp3) is 0.217. The van der Waals surface area contributed by atoms with Gasteiger partial charge in [-0.1, -0.05) is 42.5 Å². The highest BCUT2D eigenvalue weighted by atomic mass is 19.1. The number of halogens is 1. The fourth-order valence-corrected chi connectivity index (χ4v) is 3.24. The first kappa shape index (κ1) is 17.6. The molecule has 1 aliphatic heterocycles. The minimum Gasteiger partial charge on any atom is -0.489 e. The van der Waals surface area contributed by atoms with Crippen molar-refractivity contribution in [1.29, 1.82) is 0 Å². The Hall–Kier alpha value is -2.85. The summed E-state index contributed by atoms with van der Waals surface area (Å²) in [5, 5.41) is 3.45. The Kier molecular flexibility index (Phi) is 5.35. The van der Waals surface area contributed by atoms with E-state index in [1.807, 2.05) is 42.5 Å². The molecule has 3 aromatic rings. The van der Waals surface area contributed by atoms with Gasteiger partial charge in [0.1, 0.15) is 30.0 Å². The number of para-hydroxylation sites is 1. The van der Waals surface area contributed by atoms with E-state index in [0.717, 1.165) is 36.6 Å². The van der Waals surface area contributed by atoms with Gasteiger partial charge in [-0.15, -0.1) is 0 Å². The number of nitrogens with one attached hydrogen (secondary N) is 1. The molecule has 138 valence electrons. The Morgan fingerprint density at radius 1 is 0.963 bits per heavy atom. The minimum absolute atomic E-state index is 0.191. The Balaban J connectivity index is 1.22. The summed E-state index contributed by atoms with van der Waals surface area (Å²) < 4.78 is 24.8. The summed E-state index contributed by atoms with van der Waals surface area (Å²) in [6.45, 7) is 1.95. The first-order valence-electron chi connectivity index (χ1n) is 9.18. The van der Waals surface area contributed by atoms with Crippen LogP contribution in [0.25, 0.3) is 0 Å². The normalized spacial score (nSPS) is 15.2. The van der Waals surface area contributed by atoms with Crippen LogP contribution >= 0.6 is 0 Å². The van der Waals surface area contributed by atoms with Crippen molar-refractivity contribution >= 4 is 0 Å². The van der Waals surface area contributed by atoms with Gasteiger partial charge in [-0.05, 0) is 47.0 Å². The summed E-state index contributed by atoms with van der Waals surface area (Å²) >= 11 is 0. The van der Waals surface area contributed by atoms with Crippen LogP contribution in [0.5, 0.6) is 11.5 Å². The Bertz CT molecular complexity index is 870. The maximum Gasteiger partial charge on any atom is 0.123 e. The second kappa shape index (κ2) is 8.23. The Labute approximate surface area is 158 Å². The van der Waals surface area contributed by atoms with Gasteiger partial charge < -0.3 is 14.8 Å². The second-order valence-corrected chi connectivity index (χ2v) is 6.75. The predicted octanol–water partition coefficient (Wildman–Crippen LogP) is 4.50. The molecule has 0 radical (unpaired) electrons. The second-order valence-electron chi connectivity index (χ2n) is 6.75. The molecule has 4 heteroatoms. The van der Waals surface area contributed by atoms with Crippen molar-refractivity contribution in [1.82, 2.24) is 5.32 Å². The van der Waals surface area contributed by atoms with Gasteiger partial charge >= 0.3 is 0 Å². The monoisotopic (exact) mass is 363 g/mol. The maximum absolute atomic E-state index is 13.2. The molecule has 1 N–H and O–H groups in total. The van der Waals surface area contributed by atoms with Crippen LogP contribution in [0.3, 0.4) is 0 Å². The fourth-order valence-electron chi connectivity index (χ4n) is 3.24. The first-order valence-corrected chi connectivity index (χ1v) is 9.18. The lowest BCUT2D eigenvalue weighted by molar-refractivity contribution is 0.227. The highest BCUT2D eigenvalue weighted by Gasteiger charge is 2.21. The van der Waals surface area contributed by atoms with Gasteiger partial charge in [0, 0.05) is 19.5 Å². The summed E-state index contributed by atoms with van der Waals surface area (Å²) in [4.78, 5) is 0. The molecule has 3 nitrogen and oxygen atoms in total. The summed E-state index contributed by atoms with van der Waals surface area (Å²) in [7, 11) is 0. The highest BCUT2D eigenvalue weighted by Crippen LogP contribution is 2.27. The number of rotatable bonds is 7. The van der Waals surface area contributed by atoms with Gasteiger partial charge in [-0.25, -0.2) is 4.39 Å². The molecule has 0 aliphatic carbocycles. The SMILES string of the molecule is Fc1cccc(COc2ccc(CNC[C@H]3Cc4ccccc4O3)cc2)c1. The molecule has 0 fully saturated rings. The van der Waals surface area contributed by atoms with Crippen LogP contribution in [0, 0.1) is 5.82 Å². The Morgan fingerprint density at radius 2 is 1.81 bits per heavy atom. The third-order valence-electron chi connectivity index (χ3n) is 4.63. The van der Waals surface area contributed by atoms with Crippen LogP contribution in [-0.2, 0) is 19.6 Å². The molecule has 0 amide bonds. The quantitative estimate of drug-likeness (QED) is 0.671. The summed E-state index contributed by atoms with van der Waals surface area (Å²) in [6, 6.07) is 22.6. The molecule has 0 saturated carbocycles. The molecule has 1 atom stereocenters. The zero-order chi connectivity index (χ0) is 18.5. The van der Waals surface area contributed by atoms with Crippen LogP contribution < -0.4 is 14.8 Å². The maximum atomic E-state index is 13.2. The number of benzene rings is 3. The smallest absolute Gasteiger partial charge is 0.123 e. The van der Waals surface area contributed by atoms with Crippen LogP contribution in [0.4, 0.5) is 4.39 Å². The molecule has 0 aromatic heterocycles. The van der Waals surface area contributed by atoms with Gasteiger partial charge in [0.25, 0.3) is 0 Å². The van der Waals surface area contributed by atoms with Gasteiger partial charge in [0.15, 0.2) is 0 Å². The standard InChI is InChI=1S/C23H22FNO2/c24-20-6-3-4-18(12-20)16-26-21-10-8-17(9-11-21)14-25-15-22-13-19-5-1-2-7-23(19)27-22/h1-12,22,25H,13-16H2/t22-/m1/s1. The average molecular weight is 363 g/mol. The van der Waals surface area contributed by atoms with E-state index >= 15 is 0 Å². The van der Waals surface area contributed by atoms with Crippen molar-refractivity contribution in [3.63, 3.8) is 0 Å². The lowest BCUT2D eigenvalue weighted by Crippen LogP contribution is -2.29. The van der Waals surface area contributed by atoms with Crippen LogP contribution in [-0.4, -0.2) is 12.6 Å². The van der Waals surface area contributed by atoms with E-state index in [-0.39, 0.29) is 11.9 Å². The number of fused-ring (bicyclic) bond motifs is 1. The van der Waals surface area contributed by atoms with Gasteiger partial charge in [-0.3, -0.25) is 0 Å². The lowest BCUT2D eigenvalue weighted by Gasteiger charge is -2.12. The lowest BCUT2D eigenvalue weighted by atomic mass is 10.1. The molecule has 3 aromatic carbocycles. The Morgan fingerprint density at radius 3 is 2.63 bits per heavy atom. The zero-order valence-corrected chi connectivity index (χ0v) is 15.0. The van der Waals surface area contributed by atoms with E-state index in [4.69, 9.17) is 9.47 Å². The van der Waals surface area contributed by atoms with Crippen molar-refractivity contribution in [3.8, 4) is 11.5 Å². The molecule has 0 saturated heterocycles. The van der Waals surface area contributed by atoms with Crippen molar-refractivity contribution in [2.24, 2.45) is 0 Å². The number of hydrogen-bond donors (Lipinski definition) is 1. The molecule has 1 heterocycles. The molecule has 4 rings (SSSR count). The summed E-state index contributed by atoms with van der Waals surface area (Å²) in [5.74, 6) is 1.54. The third kappa shape index (κ3) is 4.66. The van der Waals surface area contributed by atoms with E-state index in [2.05, 4.69) is 17.4 Å². The van der Waals surface area contributed by atoms with Crippen LogP contribution in [0.1, 0.15) is 16.7 Å². The van der Waals surface area contributed by atoms with Crippen molar-refractivity contribution in [2.45, 2.75) is 25.7 Å². The van der Waals surface area contributed by atoms with E-state index < -0.39 is 0 Å². The van der Waals surface area contributed by atoms with Gasteiger partial charge in [0.05, 0.1) is 0 Å². The molecule has 1 aliphatic rings. The van der Waals surface area contributed by atoms with Crippen molar-refractivity contribution in [2.75, 3.05) is 6.54 Å².